The number of imide groups is 1. The highest BCUT2D eigenvalue weighted by Gasteiger charge is 2.55. The number of piperidine rings is 1. The molecule has 3 atom stereocenters. The van der Waals surface area contributed by atoms with Crippen molar-refractivity contribution in [3.63, 3.8) is 0 Å². The minimum atomic E-state index is -0.773. The van der Waals surface area contributed by atoms with Crippen LogP contribution >= 0.6 is 0 Å². The maximum Gasteiger partial charge on any atom is 0.325 e. The van der Waals surface area contributed by atoms with Gasteiger partial charge in [-0.15, -0.1) is 0 Å². The molecule has 3 fully saturated rings. The molecule has 0 aromatic heterocycles. The van der Waals surface area contributed by atoms with Crippen LogP contribution in [0.25, 0.3) is 0 Å². The first-order valence-electron chi connectivity index (χ1n) is 8.86. The van der Waals surface area contributed by atoms with Crippen molar-refractivity contribution in [2.24, 2.45) is 11.8 Å². The zero-order chi connectivity index (χ0) is 16.6. The third-order valence-corrected chi connectivity index (χ3v) is 5.80. The third kappa shape index (κ3) is 2.83. The first-order valence-corrected chi connectivity index (χ1v) is 8.86. The highest BCUT2D eigenvalue weighted by molar-refractivity contribution is 6.09. The molecule has 0 aromatic carbocycles. The van der Waals surface area contributed by atoms with Crippen molar-refractivity contribution in [2.45, 2.75) is 57.9 Å². The summed E-state index contributed by atoms with van der Waals surface area (Å²) in [6.45, 7) is 5.49. The molecule has 1 spiro atoms. The number of rotatable bonds is 2. The van der Waals surface area contributed by atoms with E-state index >= 15 is 0 Å². The van der Waals surface area contributed by atoms with Crippen LogP contribution in [0.1, 0.15) is 52.4 Å². The summed E-state index contributed by atoms with van der Waals surface area (Å²) in [5.41, 5.74) is -0.773. The monoisotopic (exact) mass is 321 g/mol. The van der Waals surface area contributed by atoms with E-state index in [1.165, 1.54) is 0 Å². The lowest BCUT2D eigenvalue weighted by atomic mass is 9.73. The van der Waals surface area contributed by atoms with E-state index in [0.29, 0.717) is 12.3 Å². The van der Waals surface area contributed by atoms with Crippen LogP contribution in [0.5, 0.6) is 0 Å². The molecule has 3 rings (SSSR count). The minimum Gasteiger partial charge on any atom is -0.341 e. The lowest BCUT2D eigenvalue weighted by molar-refractivity contribution is -0.141. The van der Waals surface area contributed by atoms with Crippen molar-refractivity contribution >= 4 is 17.8 Å². The van der Waals surface area contributed by atoms with E-state index in [2.05, 4.69) is 12.2 Å². The molecule has 4 amide bonds. The number of carbonyl (C=O) groups excluding carboxylic acids is 3. The van der Waals surface area contributed by atoms with Crippen LogP contribution in [0.15, 0.2) is 0 Å². The van der Waals surface area contributed by atoms with Crippen LogP contribution in [-0.4, -0.2) is 52.8 Å². The van der Waals surface area contributed by atoms with Crippen molar-refractivity contribution < 1.29 is 14.4 Å². The van der Waals surface area contributed by atoms with Crippen LogP contribution in [0.2, 0.25) is 0 Å². The van der Waals surface area contributed by atoms with E-state index in [1.54, 1.807) is 4.90 Å². The van der Waals surface area contributed by atoms with Gasteiger partial charge in [-0.2, -0.15) is 0 Å². The molecule has 0 bridgehead atoms. The SMILES string of the molecule is C[C@@H]1CCCN(C(=O)CN2C(=O)N[C@@]3(CCCC[C@@H]3C)C2=O)C1. The standard InChI is InChI=1S/C17H27N3O3/c1-12-6-5-9-19(10-12)14(21)11-20-15(22)17(18-16(20)23)8-4-3-7-13(17)2/h12-13H,3-11H2,1-2H3,(H,18,23)/t12-,13+,17-/m1/s1. The summed E-state index contributed by atoms with van der Waals surface area (Å²) < 4.78 is 0. The number of hydrogen-bond acceptors (Lipinski definition) is 3. The van der Waals surface area contributed by atoms with Crippen molar-refractivity contribution in [2.75, 3.05) is 19.6 Å². The predicted molar refractivity (Wildman–Crippen MR) is 85.6 cm³/mol. The molecule has 0 aromatic rings. The van der Waals surface area contributed by atoms with Gasteiger partial charge in [0.25, 0.3) is 5.91 Å². The number of likely N-dealkylation sites (tertiary alicyclic amines) is 1. The Kier molecular flexibility index (Phi) is 4.34. The first kappa shape index (κ1) is 16.3. The van der Waals surface area contributed by atoms with Crippen LogP contribution < -0.4 is 5.32 Å². The lowest BCUT2D eigenvalue weighted by Crippen LogP contribution is -2.54. The van der Waals surface area contributed by atoms with Crippen LogP contribution in [0, 0.1) is 11.8 Å². The Morgan fingerprint density at radius 1 is 1.22 bits per heavy atom. The minimum absolute atomic E-state index is 0.111. The fourth-order valence-corrected chi connectivity index (χ4v) is 4.29. The number of carbonyl (C=O) groups is 3. The van der Waals surface area contributed by atoms with E-state index in [1.807, 2.05) is 6.92 Å². The highest BCUT2D eigenvalue weighted by atomic mass is 16.2. The Morgan fingerprint density at radius 3 is 2.70 bits per heavy atom. The zero-order valence-electron chi connectivity index (χ0n) is 14.1. The second-order valence-corrected chi connectivity index (χ2v) is 7.53. The molecule has 0 unspecified atom stereocenters. The Bertz CT molecular complexity index is 521. The number of hydrogen-bond donors (Lipinski definition) is 1. The van der Waals surface area contributed by atoms with Gasteiger partial charge in [0.15, 0.2) is 0 Å². The molecule has 6 nitrogen and oxygen atoms in total. The second-order valence-electron chi connectivity index (χ2n) is 7.53. The Hall–Kier alpha value is -1.59. The Labute approximate surface area is 137 Å². The number of nitrogens with one attached hydrogen (secondary N) is 1. The van der Waals surface area contributed by atoms with E-state index in [0.717, 1.165) is 50.1 Å². The van der Waals surface area contributed by atoms with Gasteiger partial charge in [-0.3, -0.25) is 14.5 Å². The summed E-state index contributed by atoms with van der Waals surface area (Å²) in [5.74, 6) is 0.303. The van der Waals surface area contributed by atoms with E-state index in [-0.39, 0.29) is 24.3 Å². The Morgan fingerprint density at radius 2 is 2.00 bits per heavy atom. The van der Waals surface area contributed by atoms with Crippen LogP contribution in [0.4, 0.5) is 4.79 Å². The summed E-state index contributed by atoms with van der Waals surface area (Å²) in [6, 6.07) is -0.401. The molecule has 2 saturated heterocycles. The maximum atomic E-state index is 12.9. The van der Waals surface area contributed by atoms with Gasteiger partial charge in [0, 0.05) is 13.1 Å². The van der Waals surface area contributed by atoms with E-state index < -0.39 is 11.6 Å². The van der Waals surface area contributed by atoms with Gasteiger partial charge in [0.05, 0.1) is 0 Å². The van der Waals surface area contributed by atoms with Gasteiger partial charge in [-0.25, -0.2) is 4.79 Å². The summed E-state index contributed by atoms with van der Waals surface area (Å²) >= 11 is 0. The van der Waals surface area contributed by atoms with E-state index in [4.69, 9.17) is 0 Å². The van der Waals surface area contributed by atoms with Crippen molar-refractivity contribution in [3.8, 4) is 0 Å². The molecule has 0 radical (unpaired) electrons. The molecule has 23 heavy (non-hydrogen) atoms. The van der Waals surface area contributed by atoms with Gasteiger partial charge in [0.1, 0.15) is 12.1 Å². The third-order valence-electron chi connectivity index (χ3n) is 5.80. The second kappa shape index (κ2) is 6.13. The summed E-state index contributed by atoms with van der Waals surface area (Å²) in [7, 11) is 0. The van der Waals surface area contributed by atoms with Crippen LogP contribution in [-0.2, 0) is 9.59 Å². The highest BCUT2D eigenvalue weighted by Crippen LogP contribution is 2.38. The molecule has 128 valence electrons. The first-order chi connectivity index (χ1) is 10.9. The molecular formula is C17H27N3O3. The van der Waals surface area contributed by atoms with Gasteiger partial charge in [0.2, 0.25) is 5.91 Å². The maximum absolute atomic E-state index is 12.9. The topological polar surface area (TPSA) is 69.7 Å². The normalized spacial score (nSPS) is 34.9. The average molecular weight is 321 g/mol. The number of nitrogens with zero attached hydrogens (tertiary/aromatic N) is 2. The van der Waals surface area contributed by atoms with Crippen molar-refractivity contribution in [1.29, 1.82) is 0 Å². The molecule has 1 saturated carbocycles. The quantitative estimate of drug-likeness (QED) is 0.788. The average Bonchev–Trinajstić information content (AvgIpc) is 2.75. The molecular weight excluding hydrogens is 294 g/mol. The molecule has 1 aliphatic carbocycles. The smallest absolute Gasteiger partial charge is 0.325 e. The molecule has 6 heteroatoms. The van der Waals surface area contributed by atoms with Gasteiger partial charge in [-0.1, -0.05) is 26.7 Å². The Balaban J connectivity index is 1.69. The fourth-order valence-electron chi connectivity index (χ4n) is 4.29. The van der Waals surface area contributed by atoms with Gasteiger partial charge >= 0.3 is 6.03 Å². The summed E-state index contributed by atoms with van der Waals surface area (Å²) in [5, 5.41) is 2.90. The molecule has 2 heterocycles. The van der Waals surface area contributed by atoms with Gasteiger partial charge < -0.3 is 10.2 Å². The van der Waals surface area contributed by atoms with Crippen molar-refractivity contribution in [3.05, 3.63) is 0 Å². The summed E-state index contributed by atoms with van der Waals surface area (Å²) in [6.07, 6.45) is 5.79. The fraction of sp³-hybridized carbons (Fsp3) is 0.824. The van der Waals surface area contributed by atoms with Gasteiger partial charge in [-0.05, 0) is 37.5 Å². The molecule has 3 aliphatic rings. The number of amides is 4. The predicted octanol–water partition coefficient (Wildman–Crippen LogP) is 1.75. The van der Waals surface area contributed by atoms with Crippen molar-refractivity contribution in [1.82, 2.24) is 15.1 Å². The largest absolute Gasteiger partial charge is 0.341 e. The summed E-state index contributed by atoms with van der Waals surface area (Å²) in [4.78, 5) is 40.6. The lowest BCUT2D eigenvalue weighted by Gasteiger charge is -2.37. The zero-order valence-corrected chi connectivity index (χ0v) is 14.1. The number of urea groups is 1. The molecule has 2 aliphatic heterocycles. The van der Waals surface area contributed by atoms with Crippen LogP contribution in [0.3, 0.4) is 0 Å². The molecule has 1 N–H and O–H groups in total. The van der Waals surface area contributed by atoms with E-state index in [9.17, 15) is 14.4 Å².